The van der Waals surface area contributed by atoms with Crippen molar-refractivity contribution in [1.29, 1.82) is 0 Å². The molecule has 0 spiro atoms. The lowest BCUT2D eigenvalue weighted by Gasteiger charge is -2.15. The highest BCUT2D eigenvalue weighted by atomic mass is 32.2. The van der Waals surface area contributed by atoms with Gasteiger partial charge in [-0.25, -0.2) is 9.69 Å². The van der Waals surface area contributed by atoms with Gasteiger partial charge in [0, 0.05) is 16.6 Å². The minimum atomic E-state index is -0.531. The number of ether oxygens (including phenoxy) is 2. The van der Waals surface area contributed by atoms with Crippen LogP contribution in [-0.4, -0.2) is 42.4 Å². The molecule has 1 aliphatic heterocycles. The van der Waals surface area contributed by atoms with E-state index in [-0.39, 0.29) is 11.2 Å². The fraction of sp³-hybridized carbons (Fsp3) is 0.429. The number of hydrogen-bond acceptors (Lipinski definition) is 5. The van der Waals surface area contributed by atoms with Crippen LogP contribution in [0, 0.1) is 0 Å². The third kappa shape index (κ3) is 3.66. The zero-order valence-corrected chi connectivity index (χ0v) is 12.3. The van der Waals surface area contributed by atoms with Gasteiger partial charge in [-0.3, -0.25) is 4.79 Å². The predicted molar refractivity (Wildman–Crippen MR) is 76.0 cm³/mol. The first-order chi connectivity index (χ1) is 9.60. The summed E-state index contributed by atoms with van der Waals surface area (Å²) in [5, 5.41) is 0.0873. The lowest BCUT2D eigenvalue weighted by molar-refractivity contribution is -0.127. The Bertz CT molecular complexity index is 488. The number of cyclic esters (lactones) is 1. The largest absolute Gasteiger partial charge is 0.497 e. The van der Waals surface area contributed by atoms with Gasteiger partial charge in [0.25, 0.3) is 0 Å². The van der Waals surface area contributed by atoms with E-state index >= 15 is 0 Å². The molecule has 5 nitrogen and oxygen atoms in total. The average molecular weight is 295 g/mol. The van der Waals surface area contributed by atoms with E-state index in [0.717, 1.165) is 10.6 Å². The van der Waals surface area contributed by atoms with Gasteiger partial charge in [-0.05, 0) is 24.3 Å². The Morgan fingerprint density at radius 1 is 1.45 bits per heavy atom. The van der Waals surface area contributed by atoms with E-state index in [1.165, 1.54) is 4.90 Å². The number of hydrogen-bond donors (Lipinski definition) is 0. The molecule has 108 valence electrons. The number of carbonyl (C=O) groups excluding carboxylic acids is 2. The number of methoxy groups -OCH3 is 1. The van der Waals surface area contributed by atoms with Crippen molar-refractivity contribution in [2.75, 3.05) is 20.3 Å². The van der Waals surface area contributed by atoms with E-state index in [9.17, 15) is 9.59 Å². The molecule has 20 heavy (non-hydrogen) atoms. The standard InChI is InChI=1S/C14H17NO4S/c1-10(9-13(16)15-7-8-19-14(15)17)20-12-5-3-11(18-2)4-6-12/h3-6,10H,7-9H2,1-2H3/t10-/m0/s1. The van der Waals surface area contributed by atoms with Gasteiger partial charge < -0.3 is 9.47 Å². The zero-order valence-electron chi connectivity index (χ0n) is 11.5. The van der Waals surface area contributed by atoms with E-state index in [1.807, 2.05) is 31.2 Å². The Hall–Kier alpha value is -1.69. The molecule has 1 heterocycles. The summed E-state index contributed by atoms with van der Waals surface area (Å²) in [4.78, 5) is 25.5. The van der Waals surface area contributed by atoms with Crippen LogP contribution < -0.4 is 4.74 Å². The lowest BCUT2D eigenvalue weighted by atomic mass is 10.3. The summed E-state index contributed by atoms with van der Waals surface area (Å²) in [5.41, 5.74) is 0. The number of carbonyl (C=O) groups is 2. The number of nitrogens with zero attached hydrogens (tertiary/aromatic N) is 1. The molecule has 0 bridgehead atoms. The summed E-state index contributed by atoms with van der Waals surface area (Å²) < 4.78 is 9.85. The third-order valence-electron chi connectivity index (χ3n) is 2.92. The first-order valence-electron chi connectivity index (χ1n) is 6.38. The summed E-state index contributed by atoms with van der Waals surface area (Å²) >= 11 is 1.60. The molecule has 1 aliphatic rings. The summed E-state index contributed by atoms with van der Waals surface area (Å²) in [6.45, 7) is 2.62. The summed E-state index contributed by atoms with van der Waals surface area (Å²) in [7, 11) is 1.62. The zero-order chi connectivity index (χ0) is 14.5. The molecule has 1 saturated heterocycles. The van der Waals surface area contributed by atoms with Crippen molar-refractivity contribution in [2.24, 2.45) is 0 Å². The Kier molecular flexibility index (Phi) is 4.89. The Morgan fingerprint density at radius 3 is 2.70 bits per heavy atom. The average Bonchev–Trinajstić information content (AvgIpc) is 2.86. The second kappa shape index (κ2) is 6.65. The van der Waals surface area contributed by atoms with Gasteiger partial charge in [0.1, 0.15) is 12.4 Å². The Morgan fingerprint density at radius 2 is 2.15 bits per heavy atom. The maximum absolute atomic E-state index is 11.9. The maximum Gasteiger partial charge on any atom is 0.416 e. The van der Waals surface area contributed by atoms with Crippen LogP contribution in [0.25, 0.3) is 0 Å². The van der Waals surface area contributed by atoms with Crippen LogP contribution >= 0.6 is 11.8 Å². The van der Waals surface area contributed by atoms with E-state index in [0.29, 0.717) is 19.6 Å². The minimum absolute atomic E-state index is 0.0873. The fourth-order valence-electron chi connectivity index (χ4n) is 1.90. The number of rotatable bonds is 5. The predicted octanol–water partition coefficient (Wildman–Crippen LogP) is 2.54. The van der Waals surface area contributed by atoms with Gasteiger partial charge in [0.05, 0.1) is 13.7 Å². The second-order valence-corrected chi connectivity index (χ2v) is 5.98. The van der Waals surface area contributed by atoms with Crippen LogP contribution in [0.1, 0.15) is 13.3 Å². The van der Waals surface area contributed by atoms with Crippen molar-refractivity contribution in [3.63, 3.8) is 0 Å². The highest BCUT2D eigenvalue weighted by Crippen LogP contribution is 2.27. The highest BCUT2D eigenvalue weighted by Gasteiger charge is 2.29. The Labute approximate surface area is 122 Å². The molecule has 0 N–H and O–H groups in total. The molecule has 2 amide bonds. The highest BCUT2D eigenvalue weighted by molar-refractivity contribution is 8.00. The molecule has 6 heteroatoms. The second-order valence-electron chi connectivity index (χ2n) is 4.47. The fourth-order valence-corrected chi connectivity index (χ4v) is 2.89. The topological polar surface area (TPSA) is 55.8 Å². The van der Waals surface area contributed by atoms with E-state index in [2.05, 4.69) is 0 Å². The van der Waals surface area contributed by atoms with E-state index in [4.69, 9.17) is 9.47 Å². The SMILES string of the molecule is COc1ccc(S[C@@H](C)CC(=O)N2CCOC2=O)cc1. The van der Waals surface area contributed by atoms with E-state index in [1.54, 1.807) is 18.9 Å². The first-order valence-corrected chi connectivity index (χ1v) is 7.26. The summed E-state index contributed by atoms with van der Waals surface area (Å²) in [6.07, 6.45) is -0.220. The van der Waals surface area contributed by atoms with Gasteiger partial charge in [-0.2, -0.15) is 0 Å². The van der Waals surface area contributed by atoms with Crippen LogP contribution in [0.2, 0.25) is 0 Å². The first kappa shape index (κ1) is 14.7. The molecule has 0 unspecified atom stereocenters. The third-order valence-corrected chi connectivity index (χ3v) is 4.03. The molecular formula is C14H17NO4S. The van der Waals surface area contributed by atoms with Gasteiger partial charge in [0.2, 0.25) is 5.91 Å². The smallest absolute Gasteiger partial charge is 0.416 e. The van der Waals surface area contributed by atoms with E-state index < -0.39 is 6.09 Å². The quantitative estimate of drug-likeness (QED) is 0.781. The van der Waals surface area contributed by atoms with Gasteiger partial charge in [-0.15, -0.1) is 11.8 Å². The van der Waals surface area contributed by atoms with Crippen molar-refractivity contribution in [3.05, 3.63) is 24.3 Å². The summed E-state index contributed by atoms with van der Waals surface area (Å²) in [6, 6.07) is 7.67. The maximum atomic E-state index is 11.9. The molecule has 2 rings (SSSR count). The van der Waals surface area contributed by atoms with Gasteiger partial charge in [0.15, 0.2) is 0 Å². The molecule has 0 saturated carbocycles. The number of imide groups is 1. The Balaban J connectivity index is 1.86. The van der Waals surface area contributed by atoms with Crippen LogP contribution in [0.15, 0.2) is 29.2 Å². The lowest BCUT2D eigenvalue weighted by Crippen LogP contribution is -2.33. The molecule has 0 aliphatic carbocycles. The molecule has 1 aromatic carbocycles. The normalized spacial score (nSPS) is 15.9. The van der Waals surface area contributed by atoms with Crippen LogP contribution in [0.3, 0.4) is 0 Å². The summed E-state index contributed by atoms with van der Waals surface area (Å²) in [5.74, 6) is 0.624. The van der Waals surface area contributed by atoms with Gasteiger partial charge in [-0.1, -0.05) is 6.92 Å². The monoisotopic (exact) mass is 295 g/mol. The van der Waals surface area contributed by atoms with Gasteiger partial charge >= 0.3 is 6.09 Å². The van der Waals surface area contributed by atoms with Crippen molar-refractivity contribution in [1.82, 2.24) is 4.90 Å². The molecule has 0 radical (unpaired) electrons. The number of benzene rings is 1. The van der Waals surface area contributed by atoms with Crippen molar-refractivity contribution in [3.8, 4) is 5.75 Å². The molecular weight excluding hydrogens is 278 g/mol. The molecule has 1 atom stereocenters. The number of thioether (sulfide) groups is 1. The van der Waals surface area contributed by atoms with Crippen LogP contribution in [0.5, 0.6) is 5.75 Å². The number of amides is 2. The van der Waals surface area contributed by atoms with Crippen LogP contribution in [-0.2, 0) is 9.53 Å². The van der Waals surface area contributed by atoms with Crippen molar-refractivity contribution >= 4 is 23.8 Å². The molecule has 1 fully saturated rings. The molecule has 0 aromatic heterocycles. The van der Waals surface area contributed by atoms with Crippen molar-refractivity contribution in [2.45, 2.75) is 23.5 Å². The van der Waals surface area contributed by atoms with Crippen molar-refractivity contribution < 1.29 is 19.1 Å². The minimum Gasteiger partial charge on any atom is -0.497 e. The molecule has 1 aromatic rings. The van der Waals surface area contributed by atoms with Crippen LogP contribution in [0.4, 0.5) is 4.79 Å².